The third-order valence-corrected chi connectivity index (χ3v) is 5.38. The molecule has 1 N–H and O–H groups in total. The molecule has 1 atom stereocenters. The van der Waals surface area contributed by atoms with Gasteiger partial charge in [-0.2, -0.15) is 11.3 Å². The normalized spacial score (nSPS) is 12.6. The van der Waals surface area contributed by atoms with Gasteiger partial charge in [0, 0.05) is 26.5 Å². The highest BCUT2D eigenvalue weighted by Gasteiger charge is 2.13. The Kier molecular flexibility index (Phi) is 5.10. The first-order valence-electron chi connectivity index (χ1n) is 5.38. The number of rotatable bonds is 5. The molecule has 1 heterocycles. The highest BCUT2D eigenvalue weighted by atomic mass is 79.9. The molecule has 0 amide bonds. The second-order valence-electron chi connectivity index (χ2n) is 3.64. The predicted octanol–water partition coefficient (Wildman–Crippen LogP) is 4.56. The Morgan fingerprint density at radius 1 is 1.29 bits per heavy atom. The van der Waals surface area contributed by atoms with Gasteiger partial charge in [0.05, 0.1) is 0 Å². The summed E-state index contributed by atoms with van der Waals surface area (Å²) >= 11 is 7.21. The predicted molar refractivity (Wildman–Crippen MR) is 81.0 cm³/mol. The maximum absolute atomic E-state index is 3.60. The molecule has 17 heavy (non-hydrogen) atoms. The van der Waals surface area contributed by atoms with Crippen LogP contribution in [0.5, 0.6) is 0 Å². The molecule has 4 heteroatoms. The molecule has 0 radical (unpaired) electrons. The summed E-state index contributed by atoms with van der Waals surface area (Å²) in [6.45, 7) is 0. The molecule has 0 spiro atoms. The lowest BCUT2D eigenvalue weighted by molar-refractivity contribution is 0.661. The molecule has 1 unspecified atom stereocenters. The average Bonchev–Trinajstić information content (AvgIpc) is 2.78. The van der Waals surface area contributed by atoms with E-state index in [1.54, 1.807) is 11.3 Å². The first-order chi connectivity index (χ1) is 8.31. The maximum atomic E-state index is 3.60. The standard InChI is InChI=1S/C13H14BrNS2/c1-15-13(11-7-16-8-12(11)14)9-17-10-5-3-2-4-6-10/h2-8,13,15H,9H2,1H3. The van der Waals surface area contributed by atoms with Gasteiger partial charge in [-0.15, -0.1) is 11.8 Å². The first kappa shape index (κ1) is 13.1. The van der Waals surface area contributed by atoms with Gasteiger partial charge in [0.15, 0.2) is 0 Å². The Morgan fingerprint density at radius 3 is 2.65 bits per heavy atom. The van der Waals surface area contributed by atoms with Crippen LogP contribution in [0, 0.1) is 0 Å². The van der Waals surface area contributed by atoms with Crippen LogP contribution in [0.25, 0.3) is 0 Å². The molecule has 1 aromatic heterocycles. The minimum absolute atomic E-state index is 0.390. The molecule has 0 bridgehead atoms. The second kappa shape index (κ2) is 6.59. The maximum Gasteiger partial charge on any atom is 0.0432 e. The number of benzene rings is 1. The van der Waals surface area contributed by atoms with Crippen molar-refractivity contribution < 1.29 is 0 Å². The van der Waals surface area contributed by atoms with E-state index in [0.29, 0.717) is 6.04 Å². The molecule has 0 saturated carbocycles. The van der Waals surface area contributed by atoms with Crippen LogP contribution in [-0.4, -0.2) is 12.8 Å². The Hall–Kier alpha value is -0.290. The molecule has 0 aliphatic carbocycles. The number of thioether (sulfide) groups is 1. The molecule has 1 aromatic carbocycles. The van der Waals surface area contributed by atoms with Crippen molar-refractivity contribution in [2.45, 2.75) is 10.9 Å². The summed E-state index contributed by atoms with van der Waals surface area (Å²) in [7, 11) is 2.01. The van der Waals surface area contributed by atoms with Gasteiger partial charge in [-0.25, -0.2) is 0 Å². The Bertz CT molecular complexity index is 455. The fourth-order valence-electron chi connectivity index (χ4n) is 1.56. The average molecular weight is 328 g/mol. The molecular formula is C13H14BrNS2. The van der Waals surface area contributed by atoms with Gasteiger partial charge in [0.25, 0.3) is 0 Å². The van der Waals surface area contributed by atoms with Crippen molar-refractivity contribution in [1.29, 1.82) is 0 Å². The third-order valence-electron chi connectivity index (χ3n) is 2.53. The van der Waals surface area contributed by atoms with E-state index in [9.17, 15) is 0 Å². The van der Waals surface area contributed by atoms with Gasteiger partial charge < -0.3 is 5.32 Å². The van der Waals surface area contributed by atoms with Crippen LogP contribution in [0.4, 0.5) is 0 Å². The van der Waals surface area contributed by atoms with Gasteiger partial charge in [-0.1, -0.05) is 18.2 Å². The number of hydrogen-bond acceptors (Lipinski definition) is 3. The van der Waals surface area contributed by atoms with Gasteiger partial charge in [-0.3, -0.25) is 0 Å². The second-order valence-corrected chi connectivity index (χ2v) is 6.33. The van der Waals surface area contributed by atoms with Gasteiger partial charge in [-0.05, 0) is 46.1 Å². The van der Waals surface area contributed by atoms with Crippen molar-refractivity contribution in [2.24, 2.45) is 0 Å². The van der Waals surface area contributed by atoms with Gasteiger partial charge in [0.1, 0.15) is 0 Å². The topological polar surface area (TPSA) is 12.0 Å². The first-order valence-corrected chi connectivity index (χ1v) is 8.10. The van der Waals surface area contributed by atoms with Crippen LogP contribution < -0.4 is 5.32 Å². The highest BCUT2D eigenvalue weighted by molar-refractivity contribution is 9.10. The van der Waals surface area contributed by atoms with E-state index in [1.165, 1.54) is 14.9 Å². The minimum Gasteiger partial charge on any atom is -0.312 e. The van der Waals surface area contributed by atoms with Crippen molar-refractivity contribution in [1.82, 2.24) is 5.32 Å². The summed E-state index contributed by atoms with van der Waals surface area (Å²) in [5, 5.41) is 7.71. The number of halogens is 1. The largest absolute Gasteiger partial charge is 0.312 e. The van der Waals surface area contributed by atoms with Gasteiger partial charge in [0.2, 0.25) is 0 Å². The van der Waals surface area contributed by atoms with E-state index in [1.807, 2.05) is 18.8 Å². The van der Waals surface area contributed by atoms with Crippen molar-refractivity contribution >= 4 is 39.0 Å². The van der Waals surface area contributed by atoms with Crippen molar-refractivity contribution in [2.75, 3.05) is 12.8 Å². The zero-order chi connectivity index (χ0) is 12.1. The van der Waals surface area contributed by atoms with E-state index >= 15 is 0 Å². The smallest absolute Gasteiger partial charge is 0.0432 e. The fraction of sp³-hybridized carbons (Fsp3) is 0.231. The highest BCUT2D eigenvalue weighted by Crippen LogP contribution is 2.31. The van der Waals surface area contributed by atoms with E-state index < -0.39 is 0 Å². The summed E-state index contributed by atoms with van der Waals surface area (Å²) in [6.07, 6.45) is 0. The van der Waals surface area contributed by atoms with E-state index in [2.05, 4.69) is 62.3 Å². The van der Waals surface area contributed by atoms with E-state index in [-0.39, 0.29) is 0 Å². The summed E-state index contributed by atoms with van der Waals surface area (Å²) in [5.74, 6) is 1.04. The summed E-state index contributed by atoms with van der Waals surface area (Å²) in [5.41, 5.74) is 1.35. The Morgan fingerprint density at radius 2 is 2.06 bits per heavy atom. The zero-order valence-corrected chi connectivity index (χ0v) is 12.7. The lowest BCUT2D eigenvalue weighted by Gasteiger charge is -2.15. The third kappa shape index (κ3) is 3.58. The number of nitrogens with one attached hydrogen (secondary N) is 1. The molecule has 90 valence electrons. The van der Waals surface area contributed by atoms with Crippen molar-refractivity contribution in [3.63, 3.8) is 0 Å². The lowest BCUT2D eigenvalue weighted by Crippen LogP contribution is -2.18. The number of thiophene rings is 1. The zero-order valence-electron chi connectivity index (χ0n) is 9.52. The Balaban J connectivity index is 2.00. The van der Waals surface area contributed by atoms with Crippen LogP contribution in [0.2, 0.25) is 0 Å². The molecule has 1 nitrogen and oxygen atoms in total. The molecule has 2 rings (SSSR count). The molecule has 0 fully saturated rings. The molecule has 0 aliphatic heterocycles. The van der Waals surface area contributed by atoms with E-state index in [4.69, 9.17) is 0 Å². The van der Waals surface area contributed by atoms with Crippen LogP contribution in [-0.2, 0) is 0 Å². The summed E-state index contributed by atoms with van der Waals surface area (Å²) in [4.78, 5) is 1.32. The van der Waals surface area contributed by atoms with Crippen LogP contribution in [0.15, 0.2) is 50.5 Å². The number of hydrogen-bond donors (Lipinski definition) is 1. The lowest BCUT2D eigenvalue weighted by atomic mass is 10.2. The van der Waals surface area contributed by atoms with Crippen LogP contribution >= 0.6 is 39.0 Å². The fourth-order valence-corrected chi connectivity index (χ4v) is 4.25. The van der Waals surface area contributed by atoms with Crippen LogP contribution in [0.3, 0.4) is 0 Å². The van der Waals surface area contributed by atoms with E-state index in [0.717, 1.165) is 5.75 Å². The SMILES string of the molecule is CNC(CSc1ccccc1)c1cscc1Br. The molecule has 2 aromatic rings. The summed E-state index contributed by atoms with van der Waals surface area (Å²) in [6, 6.07) is 10.9. The minimum atomic E-state index is 0.390. The van der Waals surface area contributed by atoms with Gasteiger partial charge >= 0.3 is 0 Å². The molecular weight excluding hydrogens is 314 g/mol. The molecule has 0 saturated heterocycles. The van der Waals surface area contributed by atoms with Crippen LogP contribution in [0.1, 0.15) is 11.6 Å². The summed E-state index contributed by atoms with van der Waals surface area (Å²) < 4.78 is 1.20. The molecule has 0 aliphatic rings. The quantitative estimate of drug-likeness (QED) is 0.807. The Labute approximate surface area is 119 Å². The van der Waals surface area contributed by atoms with Crippen molar-refractivity contribution in [3.05, 3.63) is 51.1 Å². The van der Waals surface area contributed by atoms with Crippen molar-refractivity contribution in [3.8, 4) is 0 Å². The monoisotopic (exact) mass is 327 g/mol.